The van der Waals surface area contributed by atoms with Crippen LogP contribution in [0.15, 0.2) is 45.8 Å². The third-order valence-corrected chi connectivity index (χ3v) is 3.65. The Morgan fingerprint density at radius 1 is 1.30 bits per heavy atom. The van der Waals surface area contributed by atoms with Crippen LogP contribution in [0.2, 0.25) is 0 Å². The second-order valence-electron chi connectivity index (χ2n) is 5.67. The van der Waals surface area contributed by atoms with Gasteiger partial charge in [-0.05, 0) is 37.1 Å². The van der Waals surface area contributed by atoms with E-state index in [2.05, 4.69) is 10.3 Å². The summed E-state index contributed by atoms with van der Waals surface area (Å²) in [6.45, 7) is 0.266. The third-order valence-electron chi connectivity index (χ3n) is 3.65. The number of aliphatic imine (C=N–C) groups is 1. The zero-order valence-corrected chi connectivity index (χ0v) is 14.4. The topological polar surface area (TPSA) is 168 Å². The molecule has 0 saturated carbocycles. The first-order valence-corrected chi connectivity index (χ1v) is 8.10. The Kier molecular flexibility index (Phi) is 6.55. The summed E-state index contributed by atoms with van der Waals surface area (Å²) >= 11 is 0. The molecular weight excluding hydrogens is 350 g/mol. The van der Waals surface area contributed by atoms with Gasteiger partial charge >= 0.3 is 5.97 Å². The average Bonchev–Trinajstić information content (AvgIpc) is 3.14. The largest absolute Gasteiger partial charge is 0.480 e. The highest BCUT2D eigenvalue weighted by molar-refractivity contribution is 5.94. The number of hydrogen-bond donors (Lipinski definition) is 4. The molecule has 0 aliphatic heterocycles. The van der Waals surface area contributed by atoms with E-state index in [1.165, 1.54) is 6.07 Å². The number of aliphatic carboxylic acids is 1. The van der Waals surface area contributed by atoms with E-state index in [0.29, 0.717) is 23.3 Å². The number of carbonyl (C=O) groups excluding carboxylic acids is 1. The number of amides is 1. The molecule has 140 valence electrons. The number of carboxylic acids is 1. The fourth-order valence-electron chi connectivity index (χ4n) is 2.35. The Hall–Kier alpha value is -3.80. The SMILES string of the molecule is N#Cc1cccc(-c2ccc(C(=O)N[C@H](CCCN=C(N)N)C(=O)O)o2)c1. The first-order valence-electron chi connectivity index (χ1n) is 8.10. The van der Waals surface area contributed by atoms with Gasteiger partial charge in [0.25, 0.3) is 5.91 Å². The molecule has 9 heteroatoms. The van der Waals surface area contributed by atoms with E-state index in [1.807, 2.05) is 6.07 Å². The molecule has 0 aliphatic carbocycles. The first kappa shape index (κ1) is 19.5. The van der Waals surface area contributed by atoms with Crippen molar-refractivity contribution in [1.82, 2.24) is 5.32 Å². The molecule has 9 nitrogen and oxygen atoms in total. The lowest BCUT2D eigenvalue weighted by atomic mass is 10.1. The van der Waals surface area contributed by atoms with Crippen molar-refractivity contribution in [2.24, 2.45) is 16.5 Å². The molecule has 0 aliphatic rings. The van der Waals surface area contributed by atoms with Crippen molar-refractivity contribution in [2.75, 3.05) is 6.54 Å². The van der Waals surface area contributed by atoms with Crippen LogP contribution in [-0.2, 0) is 4.79 Å². The summed E-state index contributed by atoms with van der Waals surface area (Å²) in [5.74, 6) is -1.51. The number of guanidine groups is 1. The summed E-state index contributed by atoms with van der Waals surface area (Å²) in [4.78, 5) is 27.4. The Balaban J connectivity index is 2.04. The third kappa shape index (κ3) is 5.61. The number of carboxylic acid groups (broad SMARTS) is 1. The number of carbonyl (C=O) groups is 2. The number of nitrogens with two attached hydrogens (primary N) is 2. The van der Waals surface area contributed by atoms with Crippen molar-refractivity contribution in [3.8, 4) is 17.4 Å². The Morgan fingerprint density at radius 3 is 2.74 bits per heavy atom. The summed E-state index contributed by atoms with van der Waals surface area (Å²) < 4.78 is 5.50. The number of nitriles is 1. The van der Waals surface area contributed by atoms with Gasteiger partial charge in [0.1, 0.15) is 11.8 Å². The van der Waals surface area contributed by atoms with Crippen molar-refractivity contribution in [3.63, 3.8) is 0 Å². The van der Waals surface area contributed by atoms with Gasteiger partial charge in [-0.25, -0.2) is 4.79 Å². The summed E-state index contributed by atoms with van der Waals surface area (Å²) in [5, 5.41) is 20.6. The van der Waals surface area contributed by atoms with Gasteiger partial charge in [0.2, 0.25) is 0 Å². The molecule has 0 spiro atoms. The molecule has 1 aromatic carbocycles. The smallest absolute Gasteiger partial charge is 0.326 e. The van der Waals surface area contributed by atoms with Crippen LogP contribution in [0.4, 0.5) is 0 Å². The van der Waals surface area contributed by atoms with Crippen LogP contribution in [0.5, 0.6) is 0 Å². The summed E-state index contributed by atoms with van der Waals surface area (Å²) in [5.41, 5.74) is 11.5. The number of hydrogen-bond acceptors (Lipinski definition) is 5. The standard InChI is InChI=1S/C18H19N5O4/c19-10-11-3-1-4-12(9-11)14-6-7-15(27-14)16(24)23-13(17(25)26)5-2-8-22-18(20)21/h1,3-4,6-7,9,13H,2,5,8H2,(H,23,24)(H,25,26)(H4,20,21,22)/t13-/m1/s1. The van der Waals surface area contributed by atoms with Gasteiger partial charge in [-0.2, -0.15) is 5.26 Å². The minimum absolute atomic E-state index is 0.0252. The molecule has 0 bridgehead atoms. The Morgan fingerprint density at radius 2 is 2.07 bits per heavy atom. The lowest BCUT2D eigenvalue weighted by Gasteiger charge is -2.12. The zero-order valence-electron chi connectivity index (χ0n) is 14.4. The van der Waals surface area contributed by atoms with Crippen molar-refractivity contribution in [1.29, 1.82) is 5.26 Å². The minimum Gasteiger partial charge on any atom is -0.480 e. The summed E-state index contributed by atoms with van der Waals surface area (Å²) in [6.07, 6.45) is 0.551. The highest BCUT2D eigenvalue weighted by atomic mass is 16.4. The normalized spacial score (nSPS) is 11.2. The number of nitrogens with zero attached hydrogens (tertiary/aromatic N) is 2. The monoisotopic (exact) mass is 369 g/mol. The van der Waals surface area contributed by atoms with Gasteiger partial charge in [-0.3, -0.25) is 9.79 Å². The second kappa shape index (κ2) is 9.05. The molecule has 6 N–H and O–H groups in total. The van der Waals surface area contributed by atoms with Crippen LogP contribution in [-0.4, -0.2) is 35.5 Å². The fraction of sp³-hybridized carbons (Fsp3) is 0.222. The minimum atomic E-state index is -1.17. The van der Waals surface area contributed by atoms with E-state index in [4.69, 9.17) is 21.1 Å². The molecule has 27 heavy (non-hydrogen) atoms. The molecule has 1 atom stereocenters. The Bertz CT molecular complexity index is 893. The predicted octanol–water partition coefficient (Wildman–Crippen LogP) is 1.05. The van der Waals surface area contributed by atoms with Crippen LogP contribution in [0.1, 0.15) is 29.0 Å². The van der Waals surface area contributed by atoms with Gasteiger partial charge < -0.3 is 26.3 Å². The lowest BCUT2D eigenvalue weighted by Crippen LogP contribution is -2.40. The lowest BCUT2D eigenvalue weighted by molar-refractivity contribution is -0.139. The maximum atomic E-state index is 12.3. The molecule has 0 fully saturated rings. The van der Waals surface area contributed by atoms with E-state index in [-0.39, 0.29) is 24.7 Å². The highest BCUT2D eigenvalue weighted by Crippen LogP contribution is 2.23. The molecule has 0 unspecified atom stereocenters. The van der Waals surface area contributed by atoms with Gasteiger partial charge in [-0.1, -0.05) is 12.1 Å². The number of furan rings is 1. The van der Waals surface area contributed by atoms with Crippen molar-refractivity contribution >= 4 is 17.8 Å². The number of benzene rings is 1. The molecule has 2 aromatic rings. The summed E-state index contributed by atoms with van der Waals surface area (Å²) in [7, 11) is 0. The fourth-order valence-corrected chi connectivity index (χ4v) is 2.35. The maximum Gasteiger partial charge on any atom is 0.326 e. The summed E-state index contributed by atoms with van der Waals surface area (Å²) in [6, 6.07) is 10.7. The van der Waals surface area contributed by atoms with Gasteiger partial charge in [0.05, 0.1) is 11.6 Å². The quantitative estimate of drug-likeness (QED) is 0.306. The number of rotatable bonds is 8. The second-order valence-corrected chi connectivity index (χ2v) is 5.67. The predicted molar refractivity (Wildman–Crippen MR) is 97.7 cm³/mol. The van der Waals surface area contributed by atoms with E-state index in [9.17, 15) is 14.7 Å². The van der Waals surface area contributed by atoms with Gasteiger partial charge in [0.15, 0.2) is 11.7 Å². The first-order chi connectivity index (χ1) is 12.9. The van der Waals surface area contributed by atoms with Crippen molar-refractivity contribution < 1.29 is 19.1 Å². The van der Waals surface area contributed by atoms with E-state index < -0.39 is 17.9 Å². The van der Waals surface area contributed by atoms with E-state index in [1.54, 1.807) is 30.3 Å². The maximum absolute atomic E-state index is 12.3. The zero-order chi connectivity index (χ0) is 19.8. The van der Waals surface area contributed by atoms with Gasteiger partial charge in [-0.15, -0.1) is 0 Å². The molecule has 0 saturated heterocycles. The van der Waals surface area contributed by atoms with Gasteiger partial charge in [0, 0.05) is 12.1 Å². The van der Waals surface area contributed by atoms with E-state index >= 15 is 0 Å². The molecule has 1 aromatic heterocycles. The molecular formula is C18H19N5O4. The van der Waals surface area contributed by atoms with Crippen molar-refractivity contribution in [2.45, 2.75) is 18.9 Å². The molecule has 1 amide bonds. The van der Waals surface area contributed by atoms with Crippen molar-refractivity contribution in [3.05, 3.63) is 47.7 Å². The molecule has 0 radical (unpaired) electrons. The number of nitrogens with one attached hydrogen (secondary N) is 1. The van der Waals surface area contributed by atoms with Crippen LogP contribution >= 0.6 is 0 Å². The van der Waals surface area contributed by atoms with Crippen LogP contribution in [0.25, 0.3) is 11.3 Å². The Labute approximate surface area is 155 Å². The molecule has 1 heterocycles. The van der Waals surface area contributed by atoms with Crippen LogP contribution in [0, 0.1) is 11.3 Å². The van der Waals surface area contributed by atoms with Crippen LogP contribution in [0.3, 0.4) is 0 Å². The average molecular weight is 369 g/mol. The van der Waals surface area contributed by atoms with Crippen LogP contribution < -0.4 is 16.8 Å². The molecule has 2 rings (SSSR count). The van der Waals surface area contributed by atoms with E-state index in [0.717, 1.165) is 0 Å². The highest BCUT2D eigenvalue weighted by Gasteiger charge is 2.22.